The Bertz CT molecular complexity index is 443. The largest absolute Gasteiger partial charge is 0.333 e. The zero-order valence-electron chi connectivity index (χ0n) is 10.9. The number of benzene rings is 1. The molecule has 1 aromatic rings. The molecular weight excluding hydrogens is 292 g/mol. The van der Waals surface area contributed by atoms with E-state index in [9.17, 15) is 4.79 Å². The van der Waals surface area contributed by atoms with E-state index in [0.29, 0.717) is 6.04 Å². The van der Waals surface area contributed by atoms with E-state index >= 15 is 0 Å². The molecule has 4 heteroatoms. The molecule has 1 aliphatic heterocycles. The van der Waals surface area contributed by atoms with Crippen molar-refractivity contribution in [1.29, 1.82) is 0 Å². The van der Waals surface area contributed by atoms with Gasteiger partial charge >= 0.3 is 0 Å². The minimum atomic E-state index is 0.155. The van der Waals surface area contributed by atoms with Crippen molar-refractivity contribution in [1.82, 2.24) is 10.2 Å². The van der Waals surface area contributed by atoms with Gasteiger partial charge in [-0.3, -0.25) is 4.79 Å². The summed E-state index contributed by atoms with van der Waals surface area (Å²) in [4.78, 5) is 14.6. The molecule has 1 aliphatic rings. The number of hydrogen-bond acceptors (Lipinski definition) is 2. The maximum absolute atomic E-state index is 12.6. The number of rotatable bonds is 4. The molecule has 0 aliphatic carbocycles. The third-order valence-corrected chi connectivity index (χ3v) is 3.85. The molecule has 0 radical (unpaired) electrons. The highest BCUT2D eigenvalue weighted by molar-refractivity contribution is 9.10. The number of hydrogen-bond donors (Lipinski definition) is 1. The van der Waals surface area contributed by atoms with Crippen molar-refractivity contribution < 1.29 is 4.79 Å². The molecule has 0 spiro atoms. The molecule has 1 heterocycles. The number of carbonyl (C=O) groups is 1. The molecule has 0 aromatic heterocycles. The van der Waals surface area contributed by atoms with Gasteiger partial charge in [0.2, 0.25) is 0 Å². The predicted molar refractivity (Wildman–Crippen MR) is 76.9 cm³/mol. The van der Waals surface area contributed by atoms with Gasteiger partial charge in [-0.15, -0.1) is 0 Å². The van der Waals surface area contributed by atoms with Crippen LogP contribution in [0.15, 0.2) is 22.7 Å². The van der Waals surface area contributed by atoms with Crippen LogP contribution in [0.1, 0.15) is 29.3 Å². The lowest BCUT2D eigenvalue weighted by Gasteiger charge is -2.38. The lowest BCUT2D eigenvalue weighted by Crippen LogP contribution is -2.59. The number of nitrogens with zero attached hydrogens (tertiary/aromatic N) is 1. The smallest absolute Gasteiger partial charge is 0.254 e. The van der Waals surface area contributed by atoms with Gasteiger partial charge in [0.15, 0.2) is 0 Å². The second-order valence-electron chi connectivity index (χ2n) is 4.77. The van der Waals surface area contributed by atoms with E-state index < -0.39 is 0 Å². The monoisotopic (exact) mass is 310 g/mol. The summed E-state index contributed by atoms with van der Waals surface area (Å²) in [6.45, 7) is 6.76. The SMILES string of the molecule is CCCN(C(=O)c1cc(Br)ccc1C)C1CNC1. The second kappa shape index (κ2) is 5.85. The molecular formula is C14H19BrN2O. The Kier molecular flexibility index (Phi) is 4.40. The van der Waals surface area contributed by atoms with Crippen molar-refractivity contribution >= 4 is 21.8 Å². The molecule has 1 N–H and O–H groups in total. The summed E-state index contributed by atoms with van der Waals surface area (Å²) < 4.78 is 0.958. The average Bonchev–Trinajstić information content (AvgIpc) is 2.28. The third-order valence-electron chi connectivity index (χ3n) is 3.36. The number of amides is 1. The van der Waals surface area contributed by atoms with E-state index in [0.717, 1.165) is 41.7 Å². The maximum atomic E-state index is 12.6. The van der Waals surface area contributed by atoms with Crippen LogP contribution < -0.4 is 5.32 Å². The van der Waals surface area contributed by atoms with Gasteiger partial charge in [0.05, 0.1) is 6.04 Å². The van der Waals surface area contributed by atoms with Gasteiger partial charge in [-0.05, 0) is 31.0 Å². The molecule has 0 bridgehead atoms. The standard InChI is InChI=1S/C14H19BrN2O/c1-3-6-17(12-8-16-9-12)14(18)13-7-11(15)5-4-10(13)2/h4-5,7,12,16H,3,6,8-9H2,1-2H3. The molecule has 1 amide bonds. The number of aryl methyl sites for hydroxylation is 1. The van der Waals surface area contributed by atoms with Crippen LogP contribution in [0.2, 0.25) is 0 Å². The van der Waals surface area contributed by atoms with Crippen LogP contribution in [0.5, 0.6) is 0 Å². The van der Waals surface area contributed by atoms with E-state index in [2.05, 4.69) is 28.2 Å². The fourth-order valence-corrected chi connectivity index (χ4v) is 2.53. The Morgan fingerprint density at radius 1 is 1.50 bits per heavy atom. The van der Waals surface area contributed by atoms with Crippen LogP contribution in [0, 0.1) is 6.92 Å². The fraction of sp³-hybridized carbons (Fsp3) is 0.500. The van der Waals surface area contributed by atoms with Crippen LogP contribution in [-0.2, 0) is 0 Å². The first-order valence-corrected chi connectivity index (χ1v) is 7.20. The topological polar surface area (TPSA) is 32.3 Å². The van der Waals surface area contributed by atoms with Crippen molar-refractivity contribution in [2.24, 2.45) is 0 Å². The minimum Gasteiger partial charge on any atom is -0.333 e. The van der Waals surface area contributed by atoms with Gasteiger partial charge in [-0.25, -0.2) is 0 Å². The molecule has 18 heavy (non-hydrogen) atoms. The zero-order valence-corrected chi connectivity index (χ0v) is 12.5. The minimum absolute atomic E-state index is 0.155. The number of carbonyl (C=O) groups excluding carboxylic acids is 1. The Labute approximate surface area is 117 Å². The first-order chi connectivity index (χ1) is 8.63. The molecule has 1 saturated heterocycles. The Morgan fingerprint density at radius 2 is 2.22 bits per heavy atom. The summed E-state index contributed by atoms with van der Waals surface area (Å²) in [6, 6.07) is 6.24. The van der Waals surface area contributed by atoms with E-state index in [1.165, 1.54) is 0 Å². The highest BCUT2D eigenvalue weighted by Gasteiger charge is 2.29. The molecule has 0 unspecified atom stereocenters. The lowest BCUT2D eigenvalue weighted by atomic mass is 10.0. The highest BCUT2D eigenvalue weighted by atomic mass is 79.9. The Morgan fingerprint density at radius 3 is 2.78 bits per heavy atom. The van der Waals surface area contributed by atoms with E-state index in [4.69, 9.17) is 0 Å². The van der Waals surface area contributed by atoms with Crippen LogP contribution in [-0.4, -0.2) is 36.5 Å². The highest BCUT2D eigenvalue weighted by Crippen LogP contribution is 2.19. The summed E-state index contributed by atoms with van der Waals surface area (Å²) in [7, 11) is 0. The Balaban J connectivity index is 2.23. The first-order valence-electron chi connectivity index (χ1n) is 6.41. The molecule has 0 saturated carbocycles. The van der Waals surface area contributed by atoms with Gasteiger partial charge in [0.25, 0.3) is 5.91 Å². The first kappa shape index (κ1) is 13.6. The van der Waals surface area contributed by atoms with Crippen molar-refractivity contribution in [3.05, 3.63) is 33.8 Å². The van der Waals surface area contributed by atoms with Crippen LogP contribution in [0.3, 0.4) is 0 Å². The van der Waals surface area contributed by atoms with Crippen LogP contribution in [0.25, 0.3) is 0 Å². The van der Waals surface area contributed by atoms with Gasteiger partial charge in [0, 0.05) is 29.7 Å². The summed E-state index contributed by atoms with van der Waals surface area (Å²) in [5, 5.41) is 3.23. The third kappa shape index (κ3) is 2.75. The zero-order chi connectivity index (χ0) is 13.1. The molecule has 1 fully saturated rings. The van der Waals surface area contributed by atoms with Gasteiger partial charge in [0.1, 0.15) is 0 Å². The molecule has 3 nitrogen and oxygen atoms in total. The normalized spacial score (nSPS) is 15.3. The van der Waals surface area contributed by atoms with E-state index in [1.54, 1.807) is 0 Å². The van der Waals surface area contributed by atoms with Gasteiger partial charge in [-0.1, -0.05) is 28.9 Å². The summed E-state index contributed by atoms with van der Waals surface area (Å²) >= 11 is 3.44. The number of halogens is 1. The second-order valence-corrected chi connectivity index (χ2v) is 5.69. The molecule has 98 valence electrons. The fourth-order valence-electron chi connectivity index (χ4n) is 2.16. The van der Waals surface area contributed by atoms with Gasteiger partial charge < -0.3 is 10.2 Å². The molecule has 2 rings (SSSR count). The Hall–Kier alpha value is -0.870. The quantitative estimate of drug-likeness (QED) is 0.927. The van der Waals surface area contributed by atoms with E-state index in [-0.39, 0.29) is 5.91 Å². The maximum Gasteiger partial charge on any atom is 0.254 e. The van der Waals surface area contributed by atoms with Crippen LogP contribution >= 0.6 is 15.9 Å². The molecule has 0 atom stereocenters. The van der Waals surface area contributed by atoms with Crippen molar-refractivity contribution in [3.63, 3.8) is 0 Å². The van der Waals surface area contributed by atoms with Crippen molar-refractivity contribution in [2.45, 2.75) is 26.3 Å². The summed E-state index contributed by atoms with van der Waals surface area (Å²) in [6.07, 6.45) is 0.995. The van der Waals surface area contributed by atoms with Crippen molar-refractivity contribution in [3.8, 4) is 0 Å². The van der Waals surface area contributed by atoms with E-state index in [1.807, 2.05) is 30.0 Å². The average molecular weight is 311 g/mol. The van der Waals surface area contributed by atoms with Gasteiger partial charge in [-0.2, -0.15) is 0 Å². The predicted octanol–water partition coefficient (Wildman–Crippen LogP) is 2.58. The van der Waals surface area contributed by atoms with Crippen molar-refractivity contribution in [2.75, 3.05) is 19.6 Å². The van der Waals surface area contributed by atoms with Crippen LogP contribution in [0.4, 0.5) is 0 Å². The summed E-state index contributed by atoms with van der Waals surface area (Å²) in [5.41, 5.74) is 1.85. The summed E-state index contributed by atoms with van der Waals surface area (Å²) in [5.74, 6) is 0.155. The number of nitrogens with one attached hydrogen (secondary N) is 1. The molecule has 1 aromatic carbocycles. The lowest BCUT2D eigenvalue weighted by molar-refractivity contribution is 0.0615.